The number of nitrogens with one attached hydrogen (secondary N) is 1. The molecule has 132 valence electrons. The Balaban J connectivity index is 2.06. The zero-order valence-electron chi connectivity index (χ0n) is 13.8. The molecule has 0 spiro atoms. The molecule has 0 aromatic heterocycles. The number of aryl methyl sites for hydroxylation is 1. The highest BCUT2D eigenvalue weighted by molar-refractivity contribution is 9.10. The molecule has 0 saturated heterocycles. The highest BCUT2D eigenvalue weighted by atomic mass is 79.9. The van der Waals surface area contributed by atoms with Gasteiger partial charge in [-0.25, -0.2) is 13.8 Å². The largest absolute Gasteiger partial charge is 0.271 e. The molecular weight excluding hydrogens is 406 g/mol. The Hall–Kier alpha value is -2.19. The summed E-state index contributed by atoms with van der Waals surface area (Å²) in [6.07, 6.45) is 2.55. The van der Waals surface area contributed by atoms with Crippen LogP contribution >= 0.6 is 15.9 Å². The summed E-state index contributed by atoms with van der Waals surface area (Å²) >= 11 is 3.33. The molecule has 8 heteroatoms. The maximum absolute atomic E-state index is 12.1. The number of anilines is 1. The Morgan fingerprint density at radius 2 is 1.92 bits per heavy atom. The van der Waals surface area contributed by atoms with Crippen LogP contribution in [-0.4, -0.2) is 33.3 Å². The van der Waals surface area contributed by atoms with Crippen molar-refractivity contribution in [3.05, 3.63) is 64.1 Å². The summed E-state index contributed by atoms with van der Waals surface area (Å²) in [4.78, 5) is 12.1. The molecular formula is C17H18BrN3O3S. The SMILES string of the molecule is Cc1cccc(N(CC(=O)N/N=C/c2ccc(Br)cc2)S(C)(=O)=O)c1. The van der Waals surface area contributed by atoms with Crippen LogP contribution in [0.1, 0.15) is 11.1 Å². The van der Waals surface area contributed by atoms with Gasteiger partial charge in [0.15, 0.2) is 0 Å². The van der Waals surface area contributed by atoms with Crippen LogP contribution in [0.4, 0.5) is 5.69 Å². The molecule has 0 atom stereocenters. The molecule has 0 heterocycles. The van der Waals surface area contributed by atoms with Crippen molar-refractivity contribution in [2.24, 2.45) is 5.10 Å². The van der Waals surface area contributed by atoms with Crippen molar-refractivity contribution in [3.63, 3.8) is 0 Å². The van der Waals surface area contributed by atoms with Gasteiger partial charge in [-0.05, 0) is 42.3 Å². The van der Waals surface area contributed by atoms with E-state index < -0.39 is 15.9 Å². The molecule has 2 aromatic carbocycles. The van der Waals surface area contributed by atoms with Crippen molar-refractivity contribution < 1.29 is 13.2 Å². The quantitative estimate of drug-likeness (QED) is 0.572. The number of nitrogens with zero attached hydrogens (tertiary/aromatic N) is 2. The minimum absolute atomic E-state index is 0.347. The van der Waals surface area contributed by atoms with Crippen molar-refractivity contribution in [1.29, 1.82) is 0 Å². The molecule has 0 radical (unpaired) electrons. The molecule has 6 nitrogen and oxygen atoms in total. The molecule has 0 aliphatic carbocycles. The smallest absolute Gasteiger partial charge is 0.260 e. The zero-order chi connectivity index (χ0) is 18.4. The predicted octanol–water partition coefficient (Wildman–Crippen LogP) is 2.67. The van der Waals surface area contributed by atoms with Gasteiger partial charge in [-0.1, -0.05) is 40.2 Å². The summed E-state index contributed by atoms with van der Waals surface area (Å²) in [5.74, 6) is -0.528. The van der Waals surface area contributed by atoms with Gasteiger partial charge in [0.1, 0.15) is 6.54 Å². The Labute approximate surface area is 155 Å². The lowest BCUT2D eigenvalue weighted by Gasteiger charge is -2.21. The zero-order valence-corrected chi connectivity index (χ0v) is 16.2. The van der Waals surface area contributed by atoms with Gasteiger partial charge >= 0.3 is 0 Å². The van der Waals surface area contributed by atoms with E-state index in [1.165, 1.54) is 6.21 Å². The molecule has 0 saturated carbocycles. The molecule has 0 unspecified atom stereocenters. The molecule has 2 rings (SSSR count). The molecule has 25 heavy (non-hydrogen) atoms. The van der Waals surface area contributed by atoms with Crippen LogP contribution in [0.3, 0.4) is 0 Å². The highest BCUT2D eigenvalue weighted by Gasteiger charge is 2.20. The molecule has 0 aliphatic rings. The molecule has 1 amide bonds. The van der Waals surface area contributed by atoms with Crippen molar-refractivity contribution >= 4 is 43.8 Å². The number of benzene rings is 2. The van der Waals surface area contributed by atoms with Gasteiger partial charge in [-0.2, -0.15) is 5.10 Å². The Kier molecular flexibility index (Phi) is 6.33. The third-order valence-corrected chi connectivity index (χ3v) is 4.92. The second-order valence-electron chi connectivity index (χ2n) is 5.45. The molecule has 0 bridgehead atoms. The average Bonchev–Trinajstić information content (AvgIpc) is 2.53. The topological polar surface area (TPSA) is 78.8 Å². The molecule has 2 aromatic rings. The van der Waals surface area contributed by atoms with Crippen LogP contribution in [0.25, 0.3) is 0 Å². The number of carbonyl (C=O) groups excluding carboxylic acids is 1. The average molecular weight is 424 g/mol. The third-order valence-electron chi connectivity index (χ3n) is 3.25. The van der Waals surface area contributed by atoms with E-state index >= 15 is 0 Å². The van der Waals surface area contributed by atoms with Gasteiger partial charge in [-0.15, -0.1) is 0 Å². The third kappa shape index (κ3) is 5.99. The van der Waals surface area contributed by atoms with Gasteiger partial charge in [-0.3, -0.25) is 9.10 Å². The van der Waals surface area contributed by atoms with E-state index in [4.69, 9.17) is 0 Å². The van der Waals surface area contributed by atoms with Crippen molar-refractivity contribution in [2.45, 2.75) is 6.92 Å². The number of amides is 1. The minimum atomic E-state index is -3.60. The number of hydrazone groups is 1. The normalized spacial score (nSPS) is 11.5. The van der Waals surface area contributed by atoms with E-state index in [-0.39, 0.29) is 6.54 Å². The standard InChI is InChI=1S/C17H18BrN3O3S/c1-13-4-3-5-16(10-13)21(25(2,23)24)12-17(22)20-19-11-14-6-8-15(18)9-7-14/h3-11H,12H2,1-2H3,(H,20,22)/b19-11+. The number of sulfonamides is 1. The number of carbonyl (C=O) groups is 1. The van der Waals surface area contributed by atoms with Crippen LogP contribution < -0.4 is 9.73 Å². The van der Waals surface area contributed by atoms with Crippen LogP contribution in [0.15, 0.2) is 58.1 Å². The van der Waals surface area contributed by atoms with E-state index in [1.54, 1.807) is 18.2 Å². The Bertz CT molecular complexity index is 880. The van der Waals surface area contributed by atoms with E-state index in [2.05, 4.69) is 26.5 Å². The summed E-state index contributed by atoms with van der Waals surface area (Å²) in [6, 6.07) is 14.3. The van der Waals surface area contributed by atoms with Gasteiger partial charge < -0.3 is 0 Å². The first-order chi connectivity index (χ1) is 11.8. The van der Waals surface area contributed by atoms with E-state index in [1.807, 2.05) is 37.3 Å². The van der Waals surface area contributed by atoms with Crippen molar-refractivity contribution in [1.82, 2.24) is 5.43 Å². The van der Waals surface area contributed by atoms with E-state index in [0.717, 1.165) is 26.2 Å². The fourth-order valence-electron chi connectivity index (χ4n) is 2.08. The summed E-state index contributed by atoms with van der Waals surface area (Å²) in [5.41, 5.74) is 4.49. The van der Waals surface area contributed by atoms with E-state index in [9.17, 15) is 13.2 Å². The summed E-state index contributed by atoms with van der Waals surface area (Å²) in [5, 5.41) is 3.86. The van der Waals surface area contributed by atoms with Gasteiger partial charge in [0.2, 0.25) is 10.0 Å². The van der Waals surface area contributed by atoms with Gasteiger partial charge in [0.25, 0.3) is 5.91 Å². The van der Waals surface area contributed by atoms with Crippen LogP contribution in [0.5, 0.6) is 0 Å². The summed E-state index contributed by atoms with van der Waals surface area (Å²) in [7, 11) is -3.60. The second kappa shape index (κ2) is 8.26. The monoisotopic (exact) mass is 423 g/mol. The van der Waals surface area contributed by atoms with E-state index in [0.29, 0.717) is 5.69 Å². The maximum Gasteiger partial charge on any atom is 0.260 e. The molecule has 1 N–H and O–H groups in total. The van der Waals surface area contributed by atoms with Crippen molar-refractivity contribution in [2.75, 3.05) is 17.1 Å². The summed E-state index contributed by atoms with van der Waals surface area (Å²) in [6.45, 7) is 1.51. The fourth-order valence-corrected chi connectivity index (χ4v) is 3.19. The van der Waals surface area contributed by atoms with Gasteiger partial charge in [0, 0.05) is 4.47 Å². The lowest BCUT2D eigenvalue weighted by molar-refractivity contribution is -0.119. The fraction of sp³-hybridized carbons (Fsp3) is 0.176. The second-order valence-corrected chi connectivity index (χ2v) is 8.28. The predicted molar refractivity (Wildman–Crippen MR) is 103 cm³/mol. The Morgan fingerprint density at radius 3 is 2.52 bits per heavy atom. The first kappa shape index (κ1) is 19.1. The lowest BCUT2D eigenvalue weighted by atomic mass is 10.2. The number of hydrogen-bond acceptors (Lipinski definition) is 4. The lowest BCUT2D eigenvalue weighted by Crippen LogP contribution is -2.39. The van der Waals surface area contributed by atoms with Crippen LogP contribution in [0, 0.1) is 6.92 Å². The minimum Gasteiger partial charge on any atom is -0.271 e. The molecule has 0 aliphatic heterocycles. The Morgan fingerprint density at radius 1 is 1.24 bits per heavy atom. The maximum atomic E-state index is 12.1. The van der Waals surface area contributed by atoms with Crippen LogP contribution in [-0.2, 0) is 14.8 Å². The molecule has 0 fully saturated rings. The summed E-state index contributed by atoms with van der Waals surface area (Å²) < 4.78 is 26.0. The number of rotatable bonds is 6. The highest BCUT2D eigenvalue weighted by Crippen LogP contribution is 2.18. The van der Waals surface area contributed by atoms with Crippen molar-refractivity contribution in [3.8, 4) is 0 Å². The first-order valence-electron chi connectivity index (χ1n) is 7.37. The van der Waals surface area contributed by atoms with Crippen LogP contribution in [0.2, 0.25) is 0 Å². The number of hydrogen-bond donors (Lipinski definition) is 1. The first-order valence-corrected chi connectivity index (χ1v) is 10.0. The number of halogens is 1. The van der Waals surface area contributed by atoms with Gasteiger partial charge in [0.05, 0.1) is 18.2 Å².